The number of nitrogens with zero attached hydrogens (tertiary/aromatic N) is 3. The molecule has 4 rings (SSSR count). The fourth-order valence-corrected chi connectivity index (χ4v) is 3.36. The quantitative estimate of drug-likeness (QED) is 0.515. The van der Waals surface area contributed by atoms with Gasteiger partial charge in [-0.15, -0.1) is 13.2 Å². The zero-order valence-corrected chi connectivity index (χ0v) is 16.4. The molecule has 1 aliphatic heterocycles. The Morgan fingerprint density at radius 2 is 2.00 bits per heavy atom. The van der Waals surface area contributed by atoms with Gasteiger partial charge in [0, 0.05) is 30.5 Å². The van der Waals surface area contributed by atoms with E-state index in [0.717, 1.165) is 18.3 Å². The van der Waals surface area contributed by atoms with Crippen molar-refractivity contribution >= 4 is 17.4 Å². The van der Waals surface area contributed by atoms with Crippen LogP contribution in [0.5, 0.6) is 5.75 Å². The molecule has 3 heterocycles. The minimum atomic E-state index is -4.82. The summed E-state index contributed by atoms with van der Waals surface area (Å²) in [7, 11) is 0. The first-order valence-electron chi connectivity index (χ1n) is 9.49. The number of β-amino-alcohol motifs (C(OH)–C–C–N with tert-alkyl or cyclic N) is 1. The summed E-state index contributed by atoms with van der Waals surface area (Å²) in [6, 6.07) is 6.06. The molecule has 1 saturated heterocycles. The van der Waals surface area contributed by atoms with Gasteiger partial charge in [0.2, 0.25) is 0 Å². The monoisotopic (exact) mass is 451 g/mol. The number of hydrogen-bond donors (Lipinski definition) is 3. The average molecular weight is 451 g/mol. The number of H-pyrrole nitrogens is 1. The highest BCUT2D eigenvalue weighted by Crippen LogP contribution is 2.32. The second-order valence-corrected chi connectivity index (χ2v) is 7.10. The molecule has 0 unspecified atom stereocenters. The maximum atomic E-state index is 14.2. The van der Waals surface area contributed by atoms with Gasteiger partial charge in [-0.25, -0.2) is 9.37 Å². The van der Waals surface area contributed by atoms with Crippen LogP contribution in [0.3, 0.4) is 0 Å². The van der Waals surface area contributed by atoms with Crippen molar-refractivity contribution in [2.75, 3.05) is 23.3 Å². The van der Waals surface area contributed by atoms with E-state index < -0.39 is 29.9 Å². The van der Waals surface area contributed by atoms with Gasteiger partial charge in [0.15, 0.2) is 5.82 Å². The molecule has 12 heteroatoms. The van der Waals surface area contributed by atoms with Crippen LogP contribution in [0.1, 0.15) is 16.8 Å². The van der Waals surface area contributed by atoms with Gasteiger partial charge < -0.3 is 20.1 Å². The summed E-state index contributed by atoms with van der Waals surface area (Å²) in [5.74, 6) is -1.27. The lowest BCUT2D eigenvalue weighted by Gasteiger charge is -2.20. The van der Waals surface area contributed by atoms with E-state index in [0.29, 0.717) is 25.3 Å². The molecule has 2 aromatic heterocycles. The van der Waals surface area contributed by atoms with E-state index in [1.54, 1.807) is 4.90 Å². The van der Waals surface area contributed by atoms with Crippen molar-refractivity contribution < 1.29 is 32.2 Å². The van der Waals surface area contributed by atoms with Gasteiger partial charge in [-0.3, -0.25) is 9.89 Å². The average Bonchev–Trinajstić information content (AvgIpc) is 3.36. The first kappa shape index (κ1) is 21.6. The van der Waals surface area contributed by atoms with E-state index in [1.807, 2.05) is 0 Å². The second kappa shape index (κ2) is 8.46. The van der Waals surface area contributed by atoms with Crippen LogP contribution in [-0.2, 0) is 0 Å². The van der Waals surface area contributed by atoms with Crippen LogP contribution in [0.2, 0.25) is 0 Å². The summed E-state index contributed by atoms with van der Waals surface area (Å²) >= 11 is 0. The Hall–Kier alpha value is -3.67. The van der Waals surface area contributed by atoms with Crippen molar-refractivity contribution in [2.24, 2.45) is 0 Å². The molecule has 1 aromatic carbocycles. The molecule has 0 spiro atoms. The molecule has 1 amide bonds. The Bertz CT molecular complexity index is 1120. The highest BCUT2D eigenvalue weighted by atomic mass is 19.4. The van der Waals surface area contributed by atoms with Crippen LogP contribution >= 0.6 is 0 Å². The smallest absolute Gasteiger partial charge is 0.406 e. The highest BCUT2D eigenvalue weighted by Gasteiger charge is 2.31. The fraction of sp³-hybridized carbons (Fsp3) is 0.250. The molecule has 0 bridgehead atoms. The molecule has 3 aromatic rings. The number of carbonyl (C=O) groups is 1. The number of ether oxygens (including phenoxy) is 1. The number of alkyl halides is 3. The number of amides is 1. The fourth-order valence-electron chi connectivity index (χ4n) is 3.36. The third-order valence-corrected chi connectivity index (χ3v) is 4.80. The predicted octanol–water partition coefficient (Wildman–Crippen LogP) is 3.33. The Morgan fingerprint density at radius 1 is 1.25 bits per heavy atom. The van der Waals surface area contributed by atoms with Gasteiger partial charge in [0.25, 0.3) is 5.91 Å². The number of carbonyl (C=O) groups excluding carboxylic acids is 1. The Morgan fingerprint density at radius 3 is 2.59 bits per heavy atom. The van der Waals surface area contributed by atoms with E-state index in [1.165, 1.54) is 24.4 Å². The predicted molar refractivity (Wildman–Crippen MR) is 106 cm³/mol. The molecule has 3 N–H and O–H groups in total. The van der Waals surface area contributed by atoms with Crippen LogP contribution in [0.15, 0.2) is 42.7 Å². The molecule has 8 nitrogen and oxygen atoms in total. The molecule has 1 aliphatic rings. The lowest BCUT2D eigenvalue weighted by Crippen LogP contribution is -2.23. The number of aliphatic hydroxyl groups is 1. The minimum Gasteiger partial charge on any atom is -0.406 e. The summed E-state index contributed by atoms with van der Waals surface area (Å²) in [6.07, 6.45) is -2.53. The van der Waals surface area contributed by atoms with Gasteiger partial charge in [-0.2, -0.15) is 5.10 Å². The standard InChI is InChI=1S/C20H17F4N5O3/c21-16-9-26-28-17(16)15-7-11(8-25-18(15)29-6-5-13(30)10-29)19(31)27-12-1-3-14(4-2-12)32-20(22,23)24/h1-4,7-9,13,30H,5-6,10H2,(H,26,28)(H,27,31)/t13-/m1/s1. The van der Waals surface area contributed by atoms with Crippen molar-refractivity contribution in [3.05, 3.63) is 54.1 Å². The lowest BCUT2D eigenvalue weighted by molar-refractivity contribution is -0.274. The van der Waals surface area contributed by atoms with E-state index >= 15 is 0 Å². The third kappa shape index (κ3) is 4.80. The van der Waals surface area contributed by atoms with E-state index in [9.17, 15) is 27.5 Å². The largest absolute Gasteiger partial charge is 0.573 e. The first-order valence-corrected chi connectivity index (χ1v) is 9.49. The number of benzene rings is 1. The number of hydrogen-bond acceptors (Lipinski definition) is 6. The molecular weight excluding hydrogens is 434 g/mol. The van der Waals surface area contributed by atoms with Gasteiger partial charge in [0.1, 0.15) is 17.3 Å². The number of rotatable bonds is 5. The SMILES string of the molecule is O=C(Nc1ccc(OC(F)(F)F)cc1)c1cnc(N2CC[C@@H](O)C2)c(-c2[nH]ncc2F)c1. The molecule has 168 valence electrons. The summed E-state index contributed by atoms with van der Waals surface area (Å²) in [5.41, 5.74) is 0.645. The molecule has 32 heavy (non-hydrogen) atoms. The number of halogens is 4. The number of anilines is 2. The van der Waals surface area contributed by atoms with Gasteiger partial charge in [0.05, 0.1) is 17.9 Å². The van der Waals surface area contributed by atoms with Crippen molar-refractivity contribution in [1.82, 2.24) is 15.2 Å². The third-order valence-electron chi connectivity index (χ3n) is 4.80. The van der Waals surface area contributed by atoms with Gasteiger partial charge in [-0.1, -0.05) is 0 Å². The van der Waals surface area contributed by atoms with Gasteiger partial charge in [-0.05, 0) is 36.8 Å². The number of pyridine rings is 1. The van der Waals surface area contributed by atoms with Crippen molar-refractivity contribution in [1.29, 1.82) is 0 Å². The van der Waals surface area contributed by atoms with Crippen LogP contribution in [-0.4, -0.2) is 51.8 Å². The molecule has 1 fully saturated rings. The maximum absolute atomic E-state index is 14.2. The van der Waals surface area contributed by atoms with Crippen molar-refractivity contribution in [3.8, 4) is 17.0 Å². The zero-order valence-electron chi connectivity index (χ0n) is 16.4. The normalized spacial score (nSPS) is 16.3. The first-order chi connectivity index (χ1) is 15.2. The summed E-state index contributed by atoms with van der Waals surface area (Å²) in [6.45, 7) is 0.822. The maximum Gasteiger partial charge on any atom is 0.573 e. The molecule has 0 saturated carbocycles. The number of nitrogens with one attached hydrogen (secondary N) is 2. The van der Waals surface area contributed by atoms with E-state index in [4.69, 9.17) is 0 Å². The zero-order chi connectivity index (χ0) is 22.9. The Labute approximate surface area is 178 Å². The van der Waals surface area contributed by atoms with E-state index in [-0.39, 0.29) is 22.5 Å². The Balaban J connectivity index is 1.58. The lowest BCUT2D eigenvalue weighted by atomic mass is 10.1. The van der Waals surface area contributed by atoms with E-state index in [2.05, 4.69) is 25.2 Å². The summed E-state index contributed by atoms with van der Waals surface area (Å²) in [5, 5.41) is 18.6. The second-order valence-electron chi connectivity index (χ2n) is 7.10. The Kier molecular flexibility index (Phi) is 5.70. The summed E-state index contributed by atoms with van der Waals surface area (Å²) in [4.78, 5) is 18.8. The number of aromatic nitrogens is 3. The van der Waals surface area contributed by atoms with Crippen LogP contribution in [0.4, 0.5) is 29.1 Å². The number of aromatic amines is 1. The minimum absolute atomic E-state index is 0.0391. The number of aliphatic hydroxyl groups excluding tert-OH is 1. The molecule has 1 atom stereocenters. The topological polar surface area (TPSA) is 103 Å². The van der Waals surface area contributed by atoms with Crippen LogP contribution in [0.25, 0.3) is 11.3 Å². The highest BCUT2D eigenvalue weighted by molar-refractivity contribution is 6.05. The van der Waals surface area contributed by atoms with Gasteiger partial charge >= 0.3 is 6.36 Å². The van der Waals surface area contributed by atoms with Crippen molar-refractivity contribution in [3.63, 3.8) is 0 Å². The molecule has 0 aliphatic carbocycles. The molecular formula is C20H17F4N5O3. The van der Waals surface area contributed by atoms with Crippen LogP contribution < -0.4 is 15.0 Å². The van der Waals surface area contributed by atoms with Crippen LogP contribution in [0, 0.1) is 5.82 Å². The molecule has 0 radical (unpaired) electrons. The summed E-state index contributed by atoms with van der Waals surface area (Å²) < 4.78 is 54.8. The van der Waals surface area contributed by atoms with Crippen molar-refractivity contribution in [2.45, 2.75) is 18.9 Å².